The van der Waals surface area contributed by atoms with Gasteiger partial charge in [0.1, 0.15) is 11.6 Å². The van der Waals surface area contributed by atoms with Crippen LogP contribution in [0.3, 0.4) is 0 Å². The molecule has 0 fully saturated rings. The van der Waals surface area contributed by atoms with E-state index in [1.165, 1.54) is 12.1 Å². The lowest BCUT2D eigenvalue weighted by Gasteiger charge is -2.08. The van der Waals surface area contributed by atoms with Gasteiger partial charge in [-0.25, -0.2) is 13.2 Å². The summed E-state index contributed by atoms with van der Waals surface area (Å²) in [5, 5.41) is 13.0. The number of anilines is 1. The molecule has 1 N–H and O–H groups in total. The van der Waals surface area contributed by atoms with Crippen LogP contribution in [0.25, 0.3) is 0 Å². The molecule has 0 radical (unpaired) electrons. The fourth-order valence-electron chi connectivity index (χ4n) is 1.62. The van der Waals surface area contributed by atoms with Gasteiger partial charge in [-0.15, -0.1) is 0 Å². The summed E-state index contributed by atoms with van der Waals surface area (Å²) in [4.78, 5) is 9.74. The Kier molecular flexibility index (Phi) is 3.88. The van der Waals surface area contributed by atoms with E-state index in [0.717, 1.165) is 24.3 Å². The quantitative estimate of drug-likeness (QED) is 0.688. The van der Waals surface area contributed by atoms with Crippen LogP contribution in [-0.4, -0.2) is 4.92 Å². The molecule has 0 atom stereocenters. The van der Waals surface area contributed by atoms with Crippen molar-refractivity contribution in [3.05, 3.63) is 69.5 Å². The molecular weight excluding hydrogens is 273 g/mol. The Morgan fingerprint density at radius 2 is 1.80 bits per heavy atom. The van der Waals surface area contributed by atoms with Crippen LogP contribution in [0.1, 0.15) is 5.56 Å². The molecule has 0 saturated heterocycles. The van der Waals surface area contributed by atoms with Crippen molar-refractivity contribution in [1.29, 1.82) is 0 Å². The van der Waals surface area contributed by atoms with E-state index in [4.69, 9.17) is 0 Å². The number of nitrogens with one attached hydrogen (secondary N) is 1. The molecule has 4 nitrogen and oxygen atoms in total. The van der Waals surface area contributed by atoms with Gasteiger partial charge in [0.05, 0.1) is 16.7 Å². The number of nitrogens with zero attached hydrogens (tertiary/aromatic N) is 1. The first-order valence-corrected chi connectivity index (χ1v) is 5.59. The van der Waals surface area contributed by atoms with Crippen molar-refractivity contribution < 1.29 is 18.1 Å². The average molecular weight is 282 g/mol. The highest BCUT2D eigenvalue weighted by Gasteiger charge is 2.11. The maximum atomic E-state index is 13.6. The number of hydrogen-bond donors (Lipinski definition) is 1. The Labute approximate surface area is 112 Å². The topological polar surface area (TPSA) is 55.2 Å². The van der Waals surface area contributed by atoms with Crippen LogP contribution in [-0.2, 0) is 6.54 Å². The first kappa shape index (κ1) is 13.9. The molecule has 7 heteroatoms. The van der Waals surface area contributed by atoms with E-state index in [-0.39, 0.29) is 23.5 Å². The molecule has 0 unspecified atom stereocenters. The third-order valence-electron chi connectivity index (χ3n) is 2.65. The van der Waals surface area contributed by atoms with Crippen molar-refractivity contribution in [2.24, 2.45) is 0 Å². The van der Waals surface area contributed by atoms with Crippen molar-refractivity contribution in [3.8, 4) is 0 Å². The van der Waals surface area contributed by atoms with Gasteiger partial charge in [0.2, 0.25) is 0 Å². The standard InChI is InChI=1S/C13H9F3N2O2/c14-9-2-1-8(11(15)5-9)7-17-13-4-3-10(18(19)20)6-12(13)16/h1-6,17H,7H2. The van der Waals surface area contributed by atoms with E-state index in [9.17, 15) is 23.3 Å². The van der Waals surface area contributed by atoms with Crippen LogP contribution in [0.2, 0.25) is 0 Å². The Bertz CT molecular complexity index is 662. The second kappa shape index (κ2) is 5.60. The van der Waals surface area contributed by atoms with E-state index in [0.29, 0.717) is 0 Å². The number of benzene rings is 2. The van der Waals surface area contributed by atoms with E-state index in [2.05, 4.69) is 5.32 Å². The van der Waals surface area contributed by atoms with E-state index < -0.39 is 22.4 Å². The summed E-state index contributed by atoms with van der Waals surface area (Å²) in [7, 11) is 0. The molecule has 0 spiro atoms. The van der Waals surface area contributed by atoms with E-state index >= 15 is 0 Å². The minimum atomic E-state index is -0.818. The van der Waals surface area contributed by atoms with Crippen molar-refractivity contribution in [1.82, 2.24) is 0 Å². The molecule has 0 heterocycles. The fourth-order valence-corrected chi connectivity index (χ4v) is 1.62. The van der Waals surface area contributed by atoms with Gasteiger partial charge in [0.25, 0.3) is 5.69 Å². The van der Waals surface area contributed by atoms with Gasteiger partial charge in [-0.05, 0) is 12.1 Å². The summed E-state index contributed by atoms with van der Waals surface area (Å²) >= 11 is 0. The zero-order chi connectivity index (χ0) is 14.7. The van der Waals surface area contributed by atoms with Gasteiger partial charge < -0.3 is 5.32 Å². The predicted octanol–water partition coefficient (Wildman–Crippen LogP) is 3.62. The Morgan fingerprint density at radius 3 is 2.40 bits per heavy atom. The second-order valence-electron chi connectivity index (χ2n) is 4.01. The largest absolute Gasteiger partial charge is 0.378 e. The van der Waals surface area contributed by atoms with Crippen molar-refractivity contribution in [2.75, 3.05) is 5.32 Å². The minimum Gasteiger partial charge on any atom is -0.378 e. The van der Waals surface area contributed by atoms with Crippen LogP contribution in [0.5, 0.6) is 0 Å². The highest BCUT2D eigenvalue weighted by Crippen LogP contribution is 2.21. The van der Waals surface area contributed by atoms with Crippen LogP contribution < -0.4 is 5.32 Å². The van der Waals surface area contributed by atoms with E-state index in [1.807, 2.05) is 0 Å². The SMILES string of the molecule is O=[N+]([O-])c1ccc(NCc2ccc(F)cc2F)c(F)c1. The molecule has 2 aromatic rings. The lowest BCUT2D eigenvalue weighted by Crippen LogP contribution is -2.04. The Hall–Kier alpha value is -2.57. The summed E-state index contributed by atoms with van der Waals surface area (Å²) in [6.45, 7) is -0.0686. The van der Waals surface area contributed by atoms with Crippen LogP contribution >= 0.6 is 0 Å². The van der Waals surface area contributed by atoms with Gasteiger partial charge in [-0.3, -0.25) is 10.1 Å². The molecule has 0 aliphatic rings. The molecule has 20 heavy (non-hydrogen) atoms. The summed E-state index contributed by atoms with van der Waals surface area (Å²) in [6.07, 6.45) is 0. The zero-order valence-corrected chi connectivity index (χ0v) is 10.1. The second-order valence-corrected chi connectivity index (χ2v) is 4.01. The summed E-state index contributed by atoms with van der Waals surface area (Å²) < 4.78 is 39.6. The molecule has 0 aliphatic carbocycles. The molecule has 2 rings (SSSR count). The van der Waals surface area contributed by atoms with Crippen LogP contribution in [0.15, 0.2) is 36.4 Å². The lowest BCUT2D eigenvalue weighted by atomic mass is 10.2. The van der Waals surface area contributed by atoms with Gasteiger partial charge in [0, 0.05) is 24.2 Å². The van der Waals surface area contributed by atoms with Crippen molar-refractivity contribution in [3.63, 3.8) is 0 Å². The van der Waals surface area contributed by atoms with Gasteiger partial charge >= 0.3 is 0 Å². The number of rotatable bonds is 4. The monoisotopic (exact) mass is 282 g/mol. The summed E-state index contributed by atoms with van der Waals surface area (Å²) in [5.41, 5.74) is -0.218. The zero-order valence-electron chi connectivity index (χ0n) is 10.1. The van der Waals surface area contributed by atoms with Gasteiger partial charge in [0.15, 0.2) is 5.82 Å². The number of nitro benzene ring substituents is 1. The fraction of sp³-hybridized carbons (Fsp3) is 0.0769. The first-order chi connectivity index (χ1) is 9.47. The summed E-state index contributed by atoms with van der Waals surface area (Å²) in [6, 6.07) is 6.14. The molecule has 0 aromatic heterocycles. The smallest absolute Gasteiger partial charge is 0.272 e. The average Bonchev–Trinajstić information content (AvgIpc) is 2.38. The maximum Gasteiger partial charge on any atom is 0.272 e. The number of hydrogen-bond acceptors (Lipinski definition) is 3. The Balaban J connectivity index is 2.13. The maximum absolute atomic E-state index is 13.6. The highest BCUT2D eigenvalue weighted by molar-refractivity contribution is 5.50. The normalized spacial score (nSPS) is 10.3. The molecule has 0 saturated carbocycles. The first-order valence-electron chi connectivity index (χ1n) is 5.59. The van der Waals surface area contributed by atoms with Gasteiger partial charge in [-0.2, -0.15) is 0 Å². The molecular formula is C13H9F3N2O2. The summed E-state index contributed by atoms with van der Waals surface area (Å²) in [5.74, 6) is -2.27. The van der Waals surface area contributed by atoms with Gasteiger partial charge in [-0.1, -0.05) is 6.07 Å². The highest BCUT2D eigenvalue weighted by atomic mass is 19.1. The number of halogens is 3. The lowest BCUT2D eigenvalue weighted by molar-refractivity contribution is -0.385. The Morgan fingerprint density at radius 1 is 1.05 bits per heavy atom. The number of nitro groups is 1. The molecule has 0 amide bonds. The third kappa shape index (κ3) is 3.05. The third-order valence-corrected chi connectivity index (χ3v) is 2.65. The number of non-ortho nitro benzene ring substituents is 1. The predicted molar refractivity (Wildman–Crippen MR) is 66.7 cm³/mol. The van der Waals surface area contributed by atoms with E-state index in [1.54, 1.807) is 0 Å². The molecule has 104 valence electrons. The molecule has 0 bridgehead atoms. The van der Waals surface area contributed by atoms with Crippen LogP contribution in [0.4, 0.5) is 24.5 Å². The molecule has 0 aliphatic heterocycles. The minimum absolute atomic E-state index is 0.000625. The van der Waals surface area contributed by atoms with Crippen molar-refractivity contribution >= 4 is 11.4 Å². The van der Waals surface area contributed by atoms with Crippen molar-refractivity contribution in [2.45, 2.75) is 6.54 Å². The van der Waals surface area contributed by atoms with Crippen LogP contribution in [0, 0.1) is 27.6 Å². The molecule has 2 aromatic carbocycles.